The summed E-state index contributed by atoms with van der Waals surface area (Å²) < 4.78 is 38.6. The molecule has 182 valence electrons. The molecular formula is C25H23ClN2O6S. The number of carbonyl (C=O) groups excluding carboxylic acids is 2. The lowest BCUT2D eigenvalue weighted by Crippen LogP contribution is -2.49. The van der Waals surface area contributed by atoms with Crippen molar-refractivity contribution >= 4 is 44.9 Å². The van der Waals surface area contributed by atoms with E-state index in [0.29, 0.717) is 11.3 Å². The molecule has 0 aliphatic carbocycles. The van der Waals surface area contributed by atoms with E-state index in [1.165, 1.54) is 22.5 Å². The van der Waals surface area contributed by atoms with Gasteiger partial charge in [-0.3, -0.25) is 9.10 Å². The molecule has 1 aliphatic heterocycles. The van der Waals surface area contributed by atoms with Crippen LogP contribution in [0.3, 0.4) is 0 Å². The Morgan fingerprint density at radius 1 is 1.09 bits per heavy atom. The average Bonchev–Trinajstić information content (AvgIpc) is 2.85. The van der Waals surface area contributed by atoms with Crippen LogP contribution in [0.15, 0.2) is 72.8 Å². The molecule has 1 N–H and O–H groups in total. The Bertz CT molecular complexity index is 1350. The number of halogens is 1. The number of esters is 1. The van der Waals surface area contributed by atoms with Gasteiger partial charge in [0, 0.05) is 0 Å². The van der Waals surface area contributed by atoms with Crippen LogP contribution in [0.2, 0.25) is 5.02 Å². The Balaban J connectivity index is 1.56. The average molecular weight is 515 g/mol. The van der Waals surface area contributed by atoms with Crippen LogP contribution in [-0.4, -0.2) is 39.5 Å². The number of nitrogens with one attached hydrogen (secondary N) is 1. The molecule has 1 amide bonds. The van der Waals surface area contributed by atoms with E-state index in [9.17, 15) is 18.0 Å². The standard InChI is InChI=1S/C25H23ClN2O6S/c1-2-33-25(30)18-12-13-20(19(26)14-18)27-24(29)23-15-28(21-10-6-7-11-22(21)34-23)35(31,32)16-17-8-4-3-5-9-17/h3-14,23H,2,15-16H2,1H3,(H,27,29). The predicted octanol–water partition coefficient (Wildman–Crippen LogP) is 4.25. The van der Waals surface area contributed by atoms with Crippen molar-refractivity contribution in [2.45, 2.75) is 18.8 Å². The van der Waals surface area contributed by atoms with E-state index in [2.05, 4.69) is 5.32 Å². The lowest BCUT2D eigenvalue weighted by Gasteiger charge is -2.34. The van der Waals surface area contributed by atoms with Crippen LogP contribution in [0.1, 0.15) is 22.8 Å². The van der Waals surface area contributed by atoms with Crippen molar-refractivity contribution in [1.82, 2.24) is 0 Å². The van der Waals surface area contributed by atoms with Gasteiger partial charge in [0.15, 0.2) is 6.10 Å². The smallest absolute Gasteiger partial charge is 0.338 e. The van der Waals surface area contributed by atoms with Gasteiger partial charge < -0.3 is 14.8 Å². The number of sulfonamides is 1. The van der Waals surface area contributed by atoms with Crippen molar-refractivity contribution < 1.29 is 27.5 Å². The summed E-state index contributed by atoms with van der Waals surface area (Å²) >= 11 is 6.26. The van der Waals surface area contributed by atoms with Gasteiger partial charge in [0.05, 0.1) is 40.9 Å². The zero-order chi connectivity index (χ0) is 25.0. The number of hydrogen-bond acceptors (Lipinski definition) is 6. The third kappa shape index (κ3) is 5.58. The second-order valence-corrected chi connectivity index (χ2v) is 10.1. The number of carbonyl (C=O) groups is 2. The van der Waals surface area contributed by atoms with Crippen LogP contribution in [0.25, 0.3) is 0 Å². The maximum absolute atomic E-state index is 13.3. The van der Waals surface area contributed by atoms with E-state index in [1.54, 1.807) is 55.5 Å². The molecule has 0 saturated carbocycles. The first kappa shape index (κ1) is 24.6. The maximum atomic E-state index is 13.3. The van der Waals surface area contributed by atoms with Gasteiger partial charge in [0.25, 0.3) is 5.91 Å². The highest BCUT2D eigenvalue weighted by atomic mass is 35.5. The molecule has 0 fully saturated rings. The van der Waals surface area contributed by atoms with Crippen molar-refractivity contribution in [3.05, 3.63) is 88.9 Å². The summed E-state index contributed by atoms with van der Waals surface area (Å²) in [5.41, 5.74) is 1.50. The van der Waals surface area contributed by atoms with Gasteiger partial charge in [-0.15, -0.1) is 0 Å². The molecule has 0 spiro atoms. The van der Waals surface area contributed by atoms with Crippen molar-refractivity contribution in [3.8, 4) is 5.75 Å². The van der Waals surface area contributed by atoms with Gasteiger partial charge in [0.2, 0.25) is 10.0 Å². The molecule has 3 aromatic carbocycles. The molecule has 1 aliphatic rings. The summed E-state index contributed by atoms with van der Waals surface area (Å²) in [5, 5.41) is 2.79. The molecule has 10 heteroatoms. The molecule has 0 saturated heterocycles. The highest BCUT2D eigenvalue weighted by Gasteiger charge is 2.37. The van der Waals surface area contributed by atoms with Crippen LogP contribution >= 0.6 is 11.6 Å². The SMILES string of the molecule is CCOC(=O)c1ccc(NC(=O)C2CN(S(=O)(=O)Cc3ccccc3)c3ccccc3O2)c(Cl)c1. The summed E-state index contributed by atoms with van der Waals surface area (Å²) in [7, 11) is -3.82. The monoisotopic (exact) mass is 514 g/mol. The summed E-state index contributed by atoms with van der Waals surface area (Å²) in [5.74, 6) is -1.05. The Morgan fingerprint density at radius 3 is 2.51 bits per heavy atom. The predicted molar refractivity (Wildman–Crippen MR) is 133 cm³/mol. The van der Waals surface area contributed by atoms with Crippen molar-refractivity contribution in [2.75, 3.05) is 22.8 Å². The zero-order valence-corrected chi connectivity index (χ0v) is 20.4. The third-order valence-corrected chi connectivity index (χ3v) is 7.32. The first-order valence-electron chi connectivity index (χ1n) is 10.9. The van der Waals surface area contributed by atoms with Crippen molar-refractivity contribution in [2.24, 2.45) is 0 Å². The molecule has 1 heterocycles. The van der Waals surface area contributed by atoms with Crippen molar-refractivity contribution in [1.29, 1.82) is 0 Å². The largest absolute Gasteiger partial charge is 0.476 e. The molecule has 1 atom stereocenters. The summed E-state index contributed by atoms with van der Waals surface area (Å²) in [6.07, 6.45) is -1.13. The molecule has 0 bridgehead atoms. The van der Waals surface area contributed by atoms with Crippen LogP contribution < -0.4 is 14.4 Å². The minimum atomic E-state index is -3.82. The number of ether oxygens (including phenoxy) is 2. The lowest BCUT2D eigenvalue weighted by atomic mass is 10.2. The van der Waals surface area contributed by atoms with Gasteiger partial charge in [-0.1, -0.05) is 54.1 Å². The fourth-order valence-electron chi connectivity index (χ4n) is 3.64. The van der Waals surface area contributed by atoms with Gasteiger partial charge in [-0.2, -0.15) is 0 Å². The fourth-order valence-corrected chi connectivity index (χ4v) is 5.45. The molecule has 35 heavy (non-hydrogen) atoms. The third-order valence-electron chi connectivity index (χ3n) is 5.29. The van der Waals surface area contributed by atoms with E-state index in [0.717, 1.165) is 0 Å². The Labute approximate surface area is 208 Å². The highest BCUT2D eigenvalue weighted by Crippen LogP contribution is 2.36. The normalized spacial score (nSPS) is 15.0. The number of fused-ring (bicyclic) bond motifs is 1. The summed E-state index contributed by atoms with van der Waals surface area (Å²) in [6, 6.07) is 19.8. The second kappa shape index (κ2) is 10.4. The fraction of sp³-hybridized carbons (Fsp3) is 0.200. The molecule has 4 rings (SSSR count). The number of amides is 1. The second-order valence-electron chi connectivity index (χ2n) is 7.75. The minimum absolute atomic E-state index is 0.133. The molecular weight excluding hydrogens is 492 g/mol. The number of anilines is 2. The van der Waals surface area contributed by atoms with Crippen LogP contribution in [0.4, 0.5) is 11.4 Å². The van der Waals surface area contributed by atoms with Gasteiger partial charge in [0.1, 0.15) is 5.75 Å². The first-order valence-corrected chi connectivity index (χ1v) is 12.8. The van der Waals surface area contributed by atoms with Crippen LogP contribution in [0, 0.1) is 0 Å². The Morgan fingerprint density at radius 2 is 1.80 bits per heavy atom. The Kier molecular flexibility index (Phi) is 7.28. The molecule has 0 aromatic heterocycles. The van der Waals surface area contributed by atoms with E-state index in [-0.39, 0.29) is 40.9 Å². The number of nitrogens with zero attached hydrogens (tertiary/aromatic N) is 1. The number of para-hydroxylation sites is 2. The van der Waals surface area contributed by atoms with Crippen molar-refractivity contribution in [3.63, 3.8) is 0 Å². The molecule has 0 radical (unpaired) electrons. The first-order chi connectivity index (χ1) is 16.8. The number of rotatable bonds is 7. The molecule has 1 unspecified atom stereocenters. The quantitative estimate of drug-likeness (QED) is 0.473. The van der Waals surface area contributed by atoms with Crippen LogP contribution in [0.5, 0.6) is 5.75 Å². The van der Waals surface area contributed by atoms with E-state index >= 15 is 0 Å². The van der Waals surface area contributed by atoms with Gasteiger partial charge in [-0.05, 0) is 42.8 Å². The summed E-state index contributed by atoms with van der Waals surface area (Å²) in [4.78, 5) is 25.0. The van der Waals surface area contributed by atoms with Gasteiger partial charge >= 0.3 is 5.97 Å². The maximum Gasteiger partial charge on any atom is 0.338 e. The molecule has 3 aromatic rings. The molecule has 8 nitrogen and oxygen atoms in total. The van der Waals surface area contributed by atoms with Crippen LogP contribution in [-0.2, 0) is 25.3 Å². The van der Waals surface area contributed by atoms with E-state index in [4.69, 9.17) is 21.1 Å². The zero-order valence-electron chi connectivity index (χ0n) is 18.8. The van der Waals surface area contributed by atoms with E-state index in [1.807, 2.05) is 6.07 Å². The highest BCUT2D eigenvalue weighted by molar-refractivity contribution is 7.92. The minimum Gasteiger partial charge on any atom is -0.476 e. The van der Waals surface area contributed by atoms with E-state index < -0.39 is 28.0 Å². The lowest BCUT2D eigenvalue weighted by molar-refractivity contribution is -0.122. The summed E-state index contributed by atoms with van der Waals surface area (Å²) in [6.45, 7) is 1.70. The topological polar surface area (TPSA) is 102 Å². The number of benzene rings is 3. The Hall–Kier alpha value is -3.56. The number of hydrogen-bond donors (Lipinski definition) is 1. The van der Waals surface area contributed by atoms with Gasteiger partial charge in [-0.25, -0.2) is 13.2 Å².